The standard InChI is InChI=1S/C11H17N3/c1-11(2)5-7-14(8-11)9-4-3-6-13-10(9)12/h3-4,6H,5,7-8H2,1-2H3,(H2,12,13). The predicted octanol–water partition coefficient (Wildman–Crippen LogP) is 1.90. The van der Waals surface area contributed by atoms with Crippen molar-refractivity contribution in [3.05, 3.63) is 18.3 Å². The van der Waals surface area contributed by atoms with Crippen molar-refractivity contribution in [2.75, 3.05) is 23.7 Å². The Bertz CT molecular complexity index is 333. The molecule has 1 aromatic rings. The zero-order valence-corrected chi connectivity index (χ0v) is 8.83. The number of hydrogen-bond donors (Lipinski definition) is 1. The van der Waals surface area contributed by atoms with Crippen LogP contribution in [0.2, 0.25) is 0 Å². The van der Waals surface area contributed by atoms with Crippen molar-refractivity contribution in [2.24, 2.45) is 5.41 Å². The van der Waals surface area contributed by atoms with Crippen molar-refractivity contribution in [1.82, 2.24) is 4.98 Å². The first-order chi connectivity index (χ1) is 6.58. The molecule has 1 fully saturated rings. The summed E-state index contributed by atoms with van der Waals surface area (Å²) in [5.74, 6) is 0.644. The largest absolute Gasteiger partial charge is 0.382 e. The first-order valence-corrected chi connectivity index (χ1v) is 5.04. The molecule has 3 heteroatoms. The normalized spacial score (nSPS) is 20.0. The SMILES string of the molecule is CC1(C)CCN(c2cccnc2N)C1. The van der Waals surface area contributed by atoms with E-state index in [4.69, 9.17) is 5.73 Å². The highest BCUT2D eigenvalue weighted by Crippen LogP contribution is 2.33. The van der Waals surface area contributed by atoms with Gasteiger partial charge in [-0.25, -0.2) is 4.98 Å². The maximum absolute atomic E-state index is 5.84. The minimum absolute atomic E-state index is 0.405. The third-order valence-electron chi connectivity index (χ3n) is 2.83. The molecule has 0 bridgehead atoms. The summed E-state index contributed by atoms with van der Waals surface area (Å²) in [6, 6.07) is 3.99. The van der Waals surface area contributed by atoms with E-state index in [1.54, 1.807) is 6.20 Å². The summed E-state index contributed by atoms with van der Waals surface area (Å²) in [4.78, 5) is 6.43. The van der Waals surface area contributed by atoms with Gasteiger partial charge in [0.2, 0.25) is 0 Å². The molecular formula is C11H17N3. The number of rotatable bonds is 1. The number of nitrogens with zero attached hydrogens (tertiary/aromatic N) is 2. The van der Waals surface area contributed by atoms with Gasteiger partial charge in [-0.3, -0.25) is 0 Å². The van der Waals surface area contributed by atoms with Crippen LogP contribution in [0.25, 0.3) is 0 Å². The summed E-state index contributed by atoms with van der Waals surface area (Å²) >= 11 is 0. The van der Waals surface area contributed by atoms with E-state index < -0.39 is 0 Å². The van der Waals surface area contributed by atoms with Crippen molar-refractivity contribution in [1.29, 1.82) is 0 Å². The first-order valence-electron chi connectivity index (χ1n) is 5.04. The Morgan fingerprint density at radius 1 is 1.50 bits per heavy atom. The van der Waals surface area contributed by atoms with Crippen LogP contribution in [0.1, 0.15) is 20.3 Å². The fourth-order valence-electron chi connectivity index (χ4n) is 1.99. The third-order valence-corrected chi connectivity index (χ3v) is 2.83. The topological polar surface area (TPSA) is 42.2 Å². The van der Waals surface area contributed by atoms with E-state index >= 15 is 0 Å². The van der Waals surface area contributed by atoms with Crippen LogP contribution >= 0.6 is 0 Å². The lowest BCUT2D eigenvalue weighted by Gasteiger charge is -2.22. The van der Waals surface area contributed by atoms with E-state index in [1.165, 1.54) is 6.42 Å². The van der Waals surface area contributed by atoms with E-state index in [0.29, 0.717) is 11.2 Å². The maximum Gasteiger partial charge on any atom is 0.146 e. The average Bonchev–Trinajstić information content (AvgIpc) is 2.47. The number of nitrogen functional groups attached to an aromatic ring is 1. The highest BCUT2D eigenvalue weighted by Gasteiger charge is 2.30. The monoisotopic (exact) mass is 191 g/mol. The van der Waals surface area contributed by atoms with Gasteiger partial charge in [0.1, 0.15) is 5.82 Å². The lowest BCUT2D eigenvalue weighted by molar-refractivity contribution is 0.418. The molecule has 0 atom stereocenters. The molecule has 2 N–H and O–H groups in total. The van der Waals surface area contributed by atoms with Gasteiger partial charge in [-0.1, -0.05) is 13.8 Å². The molecule has 2 rings (SSSR count). The zero-order chi connectivity index (χ0) is 10.2. The van der Waals surface area contributed by atoms with Crippen LogP contribution in [0, 0.1) is 5.41 Å². The van der Waals surface area contributed by atoms with Gasteiger partial charge in [0, 0.05) is 19.3 Å². The van der Waals surface area contributed by atoms with Gasteiger partial charge in [0.05, 0.1) is 5.69 Å². The minimum atomic E-state index is 0.405. The van der Waals surface area contributed by atoms with Crippen LogP contribution in [0.3, 0.4) is 0 Å². The highest BCUT2D eigenvalue weighted by atomic mass is 15.2. The van der Waals surface area contributed by atoms with Crippen LogP contribution < -0.4 is 10.6 Å². The molecule has 1 aliphatic rings. The van der Waals surface area contributed by atoms with Crippen molar-refractivity contribution < 1.29 is 0 Å². The number of nitrogens with two attached hydrogens (primary N) is 1. The van der Waals surface area contributed by atoms with E-state index in [-0.39, 0.29) is 0 Å². The minimum Gasteiger partial charge on any atom is -0.382 e. The van der Waals surface area contributed by atoms with Gasteiger partial charge in [-0.2, -0.15) is 0 Å². The summed E-state index contributed by atoms with van der Waals surface area (Å²) < 4.78 is 0. The molecule has 1 aromatic heterocycles. The molecule has 1 aliphatic heterocycles. The Balaban J connectivity index is 2.22. The highest BCUT2D eigenvalue weighted by molar-refractivity contribution is 5.63. The zero-order valence-electron chi connectivity index (χ0n) is 8.83. The number of hydrogen-bond acceptors (Lipinski definition) is 3. The van der Waals surface area contributed by atoms with Crippen molar-refractivity contribution in [3.63, 3.8) is 0 Å². The van der Waals surface area contributed by atoms with Gasteiger partial charge in [0.15, 0.2) is 0 Å². The molecule has 0 aliphatic carbocycles. The van der Waals surface area contributed by atoms with Gasteiger partial charge in [0.25, 0.3) is 0 Å². The summed E-state index contributed by atoms with van der Waals surface area (Å²) in [5, 5.41) is 0. The van der Waals surface area contributed by atoms with Crippen LogP contribution in [-0.2, 0) is 0 Å². The molecule has 3 nitrogen and oxygen atoms in total. The quantitative estimate of drug-likeness (QED) is 0.737. The second-order valence-electron chi connectivity index (χ2n) is 4.74. The van der Waals surface area contributed by atoms with Crippen LogP contribution in [-0.4, -0.2) is 18.1 Å². The average molecular weight is 191 g/mol. The summed E-state index contributed by atoms with van der Waals surface area (Å²) in [5.41, 5.74) is 7.32. The van der Waals surface area contributed by atoms with Crippen LogP contribution in [0.5, 0.6) is 0 Å². The van der Waals surface area contributed by atoms with Crippen LogP contribution in [0.15, 0.2) is 18.3 Å². The summed E-state index contributed by atoms with van der Waals surface area (Å²) in [7, 11) is 0. The molecule has 76 valence electrons. The molecule has 0 unspecified atom stereocenters. The molecule has 0 saturated carbocycles. The second-order valence-corrected chi connectivity index (χ2v) is 4.74. The molecule has 14 heavy (non-hydrogen) atoms. The molecule has 0 radical (unpaired) electrons. The number of pyridine rings is 1. The Kier molecular flexibility index (Phi) is 2.10. The Labute approximate surface area is 84.9 Å². The van der Waals surface area contributed by atoms with Gasteiger partial charge >= 0.3 is 0 Å². The molecule has 1 saturated heterocycles. The Hall–Kier alpha value is -1.25. The fourth-order valence-corrected chi connectivity index (χ4v) is 1.99. The molecular weight excluding hydrogens is 174 g/mol. The predicted molar refractivity (Wildman–Crippen MR) is 59.3 cm³/mol. The van der Waals surface area contributed by atoms with E-state index in [0.717, 1.165) is 18.8 Å². The lowest BCUT2D eigenvalue weighted by atomic mass is 9.93. The van der Waals surface area contributed by atoms with Gasteiger partial charge in [-0.05, 0) is 24.0 Å². The summed E-state index contributed by atoms with van der Waals surface area (Å²) in [6.45, 7) is 6.74. The molecule has 0 amide bonds. The maximum atomic E-state index is 5.84. The van der Waals surface area contributed by atoms with Crippen molar-refractivity contribution in [2.45, 2.75) is 20.3 Å². The van der Waals surface area contributed by atoms with Gasteiger partial charge in [-0.15, -0.1) is 0 Å². The Morgan fingerprint density at radius 3 is 2.86 bits per heavy atom. The Morgan fingerprint density at radius 2 is 2.29 bits per heavy atom. The second kappa shape index (κ2) is 3.15. The molecule has 0 aromatic carbocycles. The smallest absolute Gasteiger partial charge is 0.146 e. The van der Waals surface area contributed by atoms with Crippen molar-refractivity contribution >= 4 is 11.5 Å². The summed E-state index contributed by atoms with van der Waals surface area (Å²) in [6.07, 6.45) is 2.96. The first kappa shape index (κ1) is 9.31. The third kappa shape index (κ3) is 1.67. The van der Waals surface area contributed by atoms with E-state index in [1.807, 2.05) is 12.1 Å². The van der Waals surface area contributed by atoms with E-state index in [2.05, 4.69) is 23.7 Å². The van der Waals surface area contributed by atoms with Gasteiger partial charge < -0.3 is 10.6 Å². The number of anilines is 2. The molecule has 0 spiro atoms. The van der Waals surface area contributed by atoms with Crippen LogP contribution in [0.4, 0.5) is 11.5 Å². The number of aromatic nitrogens is 1. The molecule has 2 heterocycles. The fraction of sp³-hybridized carbons (Fsp3) is 0.545. The van der Waals surface area contributed by atoms with E-state index in [9.17, 15) is 0 Å². The van der Waals surface area contributed by atoms with Crippen molar-refractivity contribution in [3.8, 4) is 0 Å². The lowest BCUT2D eigenvalue weighted by Crippen LogP contribution is -2.23.